The monoisotopic (exact) mass is 423 g/mol. The second kappa shape index (κ2) is 9.80. The van der Waals surface area contributed by atoms with E-state index >= 15 is 0 Å². The number of aromatic amines is 1. The Bertz CT molecular complexity index is 1080. The van der Waals surface area contributed by atoms with Gasteiger partial charge < -0.3 is 24.5 Å². The zero-order chi connectivity index (χ0) is 22.4. The average Bonchev–Trinajstić information content (AvgIpc) is 3.10. The Balaban J connectivity index is 1.66. The van der Waals surface area contributed by atoms with Gasteiger partial charge in [-0.2, -0.15) is 0 Å². The number of rotatable bonds is 8. The van der Waals surface area contributed by atoms with E-state index in [0.717, 1.165) is 11.1 Å². The van der Waals surface area contributed by atoms with E-state index in [1.165, 1.54) is 7.11 Å². The quantitative estimate of drug-likeness (QED) is 0.539. The molecular formula is C23H25N3O5. The van der Waals surface area contributed by atoms with Crippen LogP contribution in [0, 0.1) is 13.8 Å². The second-order valence-electron chi connectivity index (χ2n) is 6.93. The largest absolute Gasteiger partial charge is 0.493 e. The number of hydrogen-bond acceptors (Lipinski definition) is 6. The third-order valence-electron chi connectivity index (χ3n) is 4.88. The molecule has 8 heteroatoms. The molecule has 0 aliphatic carbocycles. The van der Waals surface area contributed by atoms with Crippen LogP contribution < -0.4 is 14.8 Å². The van der Waals surface area contributed by atoms with E-state index in [1.807, 2.05) is 24.3 Å². The first kappa shape index (κ1) is 21.9. The molecule has 0 bridgehead atoms. The molecule has 3 aromatic rings. The second-order valence-corrected chi connectivity index (χ2v) is 6.93. The summed E-state index contributed by atoms with van der Waals surface area (Å²) in [6, 6.07) is 9.24. The summed E-state index contributed by atoms with van der Waals surface area (Å²) in [6.45, 7) is 4.11. The van der Waals surface area contributed by atoms with Gasteiger partial charge in [0.1, 0.15) is 12.3 Å². The van der Waals surface area contributed by atoms with Crippen LogP contribution in [-0.4, -0.2) is 36.1 Å². The summed E-state index contributed by atoms with van der Waals surface area (Å²) in [4.78, 5) is 31.5. The SMILES string of the molecule is COC(=O)c1c(C)[nH]c(C(=O)NCc2ccc(OCc3ccncc3)c(OC)c2)c1C. The van der Waals surface area contributed by atoms with Gasteiger partial charge in [0.25, 0.3) is 5.91 Å². The first-order valence-corrected chi connectivity index (χ1v) is 9.68. The molecule has 3 rings (SSSR count). The normalized spacial score (nSPS) is 10.5. The maximum Gasteiger partial charge on any atom is 0.339 e. The molecule has 0 aliphatic heterocycles. The molecule has 0 spiro atoms. The van der Waals surface area contributed by atoms with Crippen LogP contribution in [0.25, 0.3) is 0 Å². The van der Waals surface area contributed by atoms with Crippen molar-refractivity contribution < 1.29 is 23.8 Å². The number of nitrogens with one attached hydrogen (secondary N) is 2. The summed E-state index contributed by atoms with van der Waals surface area (Å²) < 4.78 is 16.1. The molecule has 2 N–H and O–H groups in total. The molecular weight excluding hydrogens is 398 g/mol. The molecule has 0 saturated heterocycles. The maximum absolute atomic E-state index is 12.6. The smallest absolute Gasteiger partial charge is 0.339 e. The standard InChI is InChI=1S/C23H25N3O5/c1-14-20(23(28)30-4)15(2)26-21(14)22(27)25-12-17-5-6-18(19(11-17)29-3)31-13-16-7-9-24-10-8-16/h5-11,26H,12-13H2,1-4H3,(H,25,27). The number of carbonyl (C=O) groups excluding carboxylic acids is 2. The van der Waals surface area contributed by atoms with Gasteiger partial charge in [0.2, 0.25) is 0 Å². The molecule has 0 fully saturated rings. The zero-order valence-corrected chi connectivity index (χ0v) is 17.9. The lowest BCUT2D eigenvalue weighted by Crippen LogP contribution is -2.24. The highest BCUT2D eigenvalue weighted by Crippen LogP contribution is 2.29. The van der Waals surface area contributed by atoms with Gasteiger partial charge in [0.05, 0.1) is 19.8 Å². The lowest BCUT2D eigenvalue weighted by atomic mass is 10.1. The van der Waals surface area contributed by atoms with E-state index in [4.69, 9.17) is 14.2 Å². The van der Waals surface area contributed by atoms with Gasteiger partial charge in [-0.3, -0.25) is 9.78 Å². The number of aryl methyl sites for hydroxylation is 1. The number of ether oxygens (including phenoxy) is 3. The van der Waals surface area contributed by atoms with Crippen LogP contribution in [-0.2, 0) is 17.9 Å². The molecule has 0 aliphatic rings. The number of hydrogen-bond donors (Lipinski definition) is 2. The molecule has 0 radical (unpaired) electrons. The van der Waals surface area contributed by atoms with Crippen LogP contribution >= 0.6 is 0 Å². The van der Waals surface area contributed by atoms with E-state index in [1.54, 1.807) is 39.4 Å². The molecule has 0 unspecified atom stereocenters. The fourth-order valence-corrected chi connectivity index (χ4v) is 3.24. The lowest BCUT2D eigenvalue weighted by molar-refractivity contribution is 0.0599. The number of H-pyrrole nitrogens is 1. The van der Waals surface area contributed by atoms with Crippen molar-refractivity contribution in [2.75, 3.05) is 14.2 Å². The zero-order valence-electron chi connectivity index (χ0n) is 17.9. The number of esters is 1. The number of benzene rings is 1. The number of nitrogens with zero attached hydrogens (tertiary/aromatic N) is 1. The Labute approximate surface area is 180 Å². The van der Waals surface area contributed by atoms with Crippen LogP contribution in [0.3, 0.4) is 0 Å². The van der Waals surface area contributed by atoms with Crippen LogP contribution in [0.1, 0.15) is 43.2 Å². The Morgan fingerprint density at radius 3 is 2.45 bits per heavy atom. The maximum atomic E-state index is 12.6. The van der Waals surface area contributed by atoms with Crippen molar-refractivity contribution in [2.45, 2.75) is 27.0 Å². The van der Waals surface area contributed by atoms with Crippen molar-refractivity contribution in [3.05, 3.63) is 76.4 Å². The predicted molar refractivity (Wildman–Crippen MR) is 114 cm³/mol. The fraction of sp³-hybridized carbons (Fsp3) is 0.261. The Kier molecular flexibility index (Phi) is 6.92. The van der Waals surface area contributed by atoms with E-state index in [-0.39, 0.29) is 12.5 Å². The minimum Gasteiger partial charge on any atom is -0.493 e. The van der Waals surface area contributed by atoms with E-state index in [9.17, 15) is 9.59 Å². The minimum atomic E-state index is -0.475. The van der Waals surface area contributed by atoms with Gasteiger partial charge in [-0.25, -0.2) is 4.79 Å². The highest BCUT2D eigenvalue weighted by molar-refractivity contribution is 6.00. The van der Waals surface area contributed by atoms with Gasteiger partial charge in [0.15, 0.2) is 11.5 Å². The number of carbonyl (C=O) groups is 2. The highest BCUT2D eigenvalue weighted by atomic mass is 16.5. The Hall–Kier alpha value is -3.81. The molecule has 162 valence electrons. The molecule has 0 atom stereocenters. The molecule has 0 saturated carbocycles. The van der Waals surface area contributed by atoms with E-state index in [0.29, 0.717) is 40.6 Å². The van der Waals surface area contributed by atoms with Gasteiger partial charge in [-0.05, 0) is 54.8 Å². The minimum absolute atomic E-state index is 0.283. The van der Waals surface area contributed by atoms with Crippen LogP contribution in [0.4, 0.5) is 0 Å². The summed E-state index contributed by atoms with van der Waals surface area (Å²) in [5.74, 6) is 0.388. The molecule has 8 nitrogen and oxygen atoms in total. The molecule has 1 aromatic carbocycles. The number of methoxy groups -OCH3 is 2. The van der Waals surface area contributed by atoms with Crippen molar-refractivity contribution in [3.8, 4) is 11.5 Å². The van der Waals surface area contributed by atoms with Crippen molar-refractivity contribution in [3.63, 3.8) is 0 Å². The van der Waals surface area contributed by atoms with Crippen molar-refractivity contribution >= 4 is 11.9 Å². The Morgan fingerprint density at radius 2 is 1.77 bits per heavy atom. The number of aromatic nitrogens is 2. The molecule has 2 heterocycles. The first-order chi connectivity index (χ1) is 14.9. The summed E-state index contributed by atoms with van der Waals surface area (Å²) in [7, 11) is 2.88. The summed E-state index contributed by atoms with van der Waals surface area (Å²) >= 11 is 0. The van der Waals surface area contributed by atoms with Gasteiger partial charge in [-0.1, -0.05) is 6.07 Å². The fourth-order valence-electron chi connectivity index (χ4n) is 3.24. The molecule has 1 amide bonds. The first-order valence-electron chi connectivity index (χ1n) is 9.68. The molecule has 31 heavy (non-hydrogen) atoms. The third-order valence-corrected chi connectivity index (χ3v) is 4.88. The average molecular weight is 423 g/mol. The Morgan fingerprint density at radius 1 is 1.03 bits per heavy atom. The third kappa shape index (κ3) is 5.03. The van der Waals surface area contributed by atoms with Crippen molar-refractivity contribution in [2.24, 2.45) is 0 Å². The van der Waals surface area contributed by atoms with E-state index < -0.39 is 5.97 Å². The summed E-state index contributed by atoms with van der Waals surface area (Å²) in [6.07, 6.45) is 3.42. The molecule has 2 aromatic heterocycles. The highest BCUT2D eigenvalue weighted by Gasteiger charge is 2.22. The van der Waals surface area contributed by atoms with Gasteiger partial charge >= 0.3 is 5.97 Å². The van der Waals surface area contributed by atoms with Gasteiger partial charge in [0, 0.05) is 24.6 Å². The predicted octanol–water partition coefficient (Wildman–Crippen LogP) is 3.33. The number of amides is 1. The topological polar surface area (TPSA) is 103 Å². The van der Waals surface area contributed by atoms with Crippen LogP contribution in [0.5, 0.6) is 11.5 Å². The summed E-state index contributed by atoms with van der Waals surface area (Å²) in [5, 5.41) is 2.86. The number of pyridine rings is 1. The lowest BCUT2D eigenvalue weighted by Gasteiger charge is -2.13. The van der Waals surface area contributed by atoms with Crippen molar-refractivity contribution in [1.29, 1.82) is 0 Å². The summed E-state index contributed by atoms with van der Waals surface area (Å²) in [5.41, 5.74) is 3.70. The van der Waals surface area contributed by atoms with E-state index in [2.05, 4.69) is 15.3 Å². The van der Waals surface area contributed by atoms with Crippen LogP contribution in [0.15, 0.2) is 42.7 Å². The van der Waals surface area contributed by atoms with Crippen LogP contribution in [0.2, 0.25) is 0 Å². The van der Waals surface area contributed by atoms with Gasteiger partial charge in [-0.15, -0.1) is 0 Å². The van der Waals surface area contributed by atoms with Crippen molar-refractivity contribution in [1.82, 2.24) is 15.3 Å².